The molecule has 2 amide bonds. The van der Waals surface area contributed by atoms with Crippen molar-refractivity contribution in [1.29, 1.82) is 0 Å². The van der Waals surface area contributed by atoms with Crippen molar-refractivity contribution in [1.82, 2.24) is 14.0 Å². The maximum atomic E-state index is 14.8. The number of anilines is 1. The van der Waals surface area contributed by atoms with Crippen molar-refractivity contribution < 1.29 is 14.0 Å². The molecule has 0 radical (unpaired) electrons. The smallest absolute Gasteiger partial charge is 0.335 e. The Morgan fingerprint density at radius 2 is 1.89 bits per heavy atom. The van der Waals surface area contributed by atoms with E-state index in [1.54, 1.807) is 51.2 Å². The number of primary amides is 1. The minimum atomic E-state index is -1.01. The Morgan fingerprint density at radius 1 is 1.16 bits per heavy atom. The lowest BCUT2D eigenvalue weighted by molar-refractivity contribution is -0.134. The van der Waals surface area contributed by atoms with Gasteiger partial charge in [0.05, 0.1) is 28.6 Å². The van der Waals surface area contributed by atoms with Gasteiger partial charge in [0.2, 0.25) is 11.8 Å². The highest BCUT2D eigenvalue weighted by Crippen LogP contribution is 2.36. The first-order valence-electron chi connectivity index (χ1n) is 11.8. The van der Waals surface area contributed by atoms with Crippen LogP contribution in [0.3, 0.4) is 0 Å². The molecule has 1 aliphatic rings. The molecule has 2 aromatic carbocycles. The van der Waals surface area contributed by atoms with Gasteiger partial charge in [-0.05, 0) is 78.8 Å². The molecule has 0 bridgehead atoms. The summed E-state index contributed by atoms with van der Waals surface area (Å²) in [4.78, 5) is 53.3. The van der Waals surface area contributed by atoms with Crippen molar-refractivity contribution in [2.45, 2.75) is 45.3 Å². The first-order chi connectivity index (χ1) is 17.5. The van der Waals surface area contributed by atoms with Crippen LogP contribution in [0, 0.1) is 9.39 Å². The number of nitrogens with zero attached hydrogens (tertiary/aromatic N) is 3. The number of halogens is 2. The highest BCUT2D eigenvalue weighted by molar-refractivity contribution is 14.1. The summed E-state index contributed by atoms with van der Waals surface area (Å²) in [5.41, 5.74) is 5.96. The van der Waals surface area contributed by atoms with E-state index in [2.05, 4.69) is 5.32 Å². The van der Waals surface area contributed by atoms with Crippen molar-refractivity contribution in [3.8, 4) is 5.69 Å². The molecule has 2 unspecified atom stereocenters. The van der Waals surface area contributed by atoms with E-state index < -0.39 is 35.1 Å². The van der Waals surface area contributed by atoms with Gasteiger partial charge >= 0.3 is 5.69 Å². The fourth-order valence-corrected chi connectivity index (χ4v) is 5.14. The maximum Gasteiger partial charge on any atom is 0.335 e. The summed E-state index contributed by atoms with van der Waals surface area (Å²) < 4.78 is 17.9. The minimum absolute atomic E-state index is 0.100. The summed E-state index contributed by atoms with van der Waals surface area (Å²) in [6, 6.07) is 11.6. The van der Waals surface area contributed by atoms with Gasteiger partial charge in [-0.2, -0.15) is 0 Å². The molecule has 0 saturated heterocycles. The molecule has 37 heavy (non-hydrogen) atoms. The van der Waals surface area contributed by atoms with Gasteiger partial charge in [-0.3, -0.25) is 23.5 Å². The summed E-state index contributed by atoms with van der Waals surface area (Å²) in [7, 11) is 1.54. The highest BCUT2D eigenvalue weighted by Gasteiger charge is 2.41. The van der Waals surface area contributed by atoms with Gasteiger partial charge in [0.15, 0.2) is 0 Å². The van der Waals surface area contributed by atoms with E-state index >= 15 is 0 Å². The van der Waals surface area contributed by atoms with Crippen LogP contribution in [0.25, 0.3) is 5.69 Å². The number of hydrogen-bond donors (Lipinski definition) is 2. The van der Waals surface area contributed by atoms with Crippen LogP contribution in [0.4, 0.5) is 10.1 Å². The van der Waals surface area contributed by atoms with Gasteiger partial charge in [0, 0.05) is 23.6 Å². The predicted octanol–water partition coefficient (Wildman–Crippen LogP) is 2.87. The van der Waals surface area contributed by atoms with Gasteiger partial charge < -0.3 is 16.0 Å². The normalized spacial score (nSPS) is 17.0. The molecule has 2 atom stereocenters. The quantitative estimate of drug-likeness (QED) is 0.395. The average Bonchev–Trinajstić information content (AvgIpc) is 2.85. The first kappa shape index (κ1) is 26.6. The number of aryl methyl sites for hydroxylation is 1. The molecule has 11 heteroatoms. The number of likely N-dealkylation sites (N-methyl/N-ethyl adjacent to an activating group) is 1. The van der Waals surface area contributed by atoms with Crippen LogP contribution in [0.15, 0.2) is 52.1 Å². The molecule has 0 spiro atoms. The van der Waals surface area contributed by atoms with Crippen LogP contribution in [0.2, 0.25) is 0 Å². The van der Waals surface area contributed by atoms with E-state index in [4.69, 9.17) is 5.73 Å². The number of nitrogens with one attached hydrogen (secondary N) is 1. The summed E-state index contributed by atoms with van der Waals surface area (Å²) >= 11 is 1.99. The predicted molar refractivity (Wildman–Crippen MR) is 146 cm³/mol. The number of nitrogens with two attached hydrogens (primary N) is 1. The zero-order chi connectivity index (χ0) is 27.0. The summed E-state index contributed by atoms with van der Waals surface area (Å²) in [6.45, 7) is 3.43. The molecule has 0 aliphatic carbocycles. The molecule has 4 rings (SSSR count). The second-order valence-electron chi connectivity index (χ2n) is 8.94. The molecule has 1 aromatic heterocycles. The van der Waals surface area contributed by atoms with Crippen molar-refractivity contribution in [3.05, 3.63) is 89.5 Å². The van der Waals surface area contributed by atoms with Crippen LogP contribution in [-0.4, -0.2) is 32.9 Å². The molecule has 1 aliphatic heterocycles. The number of aromatic nitrogens is 2. The maximum absolute atomic E-state index is 14.8. The first-order valence-corrected chi connectivity index (χ1v) is 12.9. The van der Waals surface area contributed by atoms with Gasteiger partial charge in [0.25, 0.3) is 5.56 Å². The average molecular weight is 619 g/mol. The van der Waals surface area contributed by atoms with Gasteiger partial charge in [0.1, 0.15) is 12.0 Å². The minimum Gasteiger partial charge on any atom is -0.370 e. The van der Waals surface area contributed by atoms with Crippen LogP contribution in [0.1, 0.15) is 49.2 Å². The summed E-state index contributed by atoms with van der Waals surface area (Å²) in [6.07, 6.45) is -0.498. The van der Waals surface area contributed by atoms with Crippen LogP contribution < -0.4 is 22.3 Å². The van der Waals surface area contributed by atoms with Crippen LogP contribution in [0.5, 0.6) is 0 Å². The second-order valence-corrected chi connectivity index (χ2v) is 10.2. The Labute approximate surface area is 226 Å². The molecule has 0 fully saturated rings. The molecule has 9 nitrogen and oxygen atoms in total. The van der Waals surface area contributed by atoms with E-state index in [9.17, 15) is 23.6 Å². The lowest BCUT2D eigenvalue weighted by Gasteiger charge is -2.39. The molecule has 2 heterocycles. The molecule has 3 N–H and O–H groups in total. The molecule has 0 saturated carbocycles. The van der Waals surface area contributed by atoms with Crippen molar-refractivity contribution >= 4 is 40.1 Å². The SMILES string of the molecule is CCn1c(=O)c2c(n(-c3cccc(CCC(N)=O)c3)c1=O)C(C)C(=O)N(C)C2Nc1ccc(I)cc1F. The van der Waals surface area contributed by atoms with E-state index in [-0.39, 0.29) is 35.8 Å². The summed E-state index contributed by atoms with van der Waals surface area (Å²) in [5, 5.41) is 3.01. The fourth-order valence-electron chi connectivity index (χ4n) is 4.68. The number of carbonyl (C=O) groups excluding carboxylic acids is 2. The number of carbonyl (C=O) groups is 2. The molecule has 194 valence electrons. The van der Waals surface area contributed by atoms with Gasteiger partial charge in [-0.1, -0.05) is 12.1 Å². The van der Waals surface area contributed by atoms with E-state index in [0.717, 1.165) is 10.1 Å². The van der Waals surface area contributed by atoms with Crippen molar-refractivity contribution in [2.75, 3.05) is 12.4 Å². The van der Waals surface area contributed by atoms with E-state index in [1.807, 2.05) is 28.7 Å². The zero-order valence-electron chi connectivity index (χ0n) is 20.6. The third-order valence-electron chi connectivity index (χ3n) is 6.57. The Hall–Kier alpha value is -3.48. The Balaban J connectivity index is 1.98. The Kier molecular flexibility index (Phi) is 7.53. The lowest BCUT2D eigenvalue weighted by Crippen LogP contribution is -2.52. The topological polar surface area (TPSA) is 119 Å². The number of rotatable bonds is 7. The highest BCUT2D eigenvalue weighted by atomic mass is 127. The van der Waals surface area contributed by atoms with Crippen molar-refractivity contribution in [3.63, 3.8) is 0 Å². The lowest BCUT2D eigenvalue weighted by atomic mass is 9.93. The second kappa shape index (κ2) is 10.5. The Bertz CT molecular complexity index is 1520. The van der Waals surface area contributed by atoms with Crippen LogP contribution in [-0.2, 0) is 22.6 Å². The van der Waals surface area contributed by atoms with Gasteiger partial charge in [-0.15, -0.1) is 0 Å². The molecular weight excluding hydrogens is 592 g/mol. The summed E-state index contributed by atoms with van der Waals surface area (Å²) in [5.74, 6) is -2.12. The number of benzene rings is 2. The third kappa shape index (κ3) is 4.91. The third-order valence-corrected chi connectivity index (χ3v) is 7.24. The fraction of sp³-hybridized carbons (Fsp3) is 0.308. The number of fused-ring (bicyclic) bond motifs is 1. The number of amides is 2. The van der Waals surface area contributed by atoms with Crippen molar-refractivity contribution in [2.24, 2.45) is 5.73 Å². The number of hydrogen-bond acceptors (Lipinski definition) is 5. The largest absolute Gasteiger partial charge is 0.370 e. The molecule has 3 aromatic rings. The van der Waals surface area contributed by atoms with E-state index in [0.29, 0.717) is 15.7 Å². The Morgan fingerprint density at radius 3 is 2.54 bits per heavy atom. The van der Waals surface area contributed by atoms with Gasteiger partial charge in [-0.25, -0.2) is 9.18 Å². The zero-order valence-corrected chi connectivity index (χ0v) is 22.8. The molecular formula is C26H27FIN5O4. The van der Waals surface area contributed by atoms with Crippen LogP contribution >= 0.6 is 22.6 Å². The monoisotopic (exact) mass is 619 g/mol. The standard InChI is InChI=1S/C26H27FIN5O4/c1-4-32-25(36)21-22(33(26(32)37)17-7-5-6-15(12-17)8-11-20(29)34)14(2)24(35)31(3)23(21)30-19-10-9-16(28)13-18(19)27/h5-7,9-10,12-14,23,30H,4,8,11H2,1-3H3,(H2,29,34). The van der Waals surface area contributed by atoms with E-state index in [1.165, 1.54) is 15.5 Å².